The fourth-order valence-corrected chi connectivity index (χ4v) is 2.17. The van der Waals surface area contributed by atoms with Crippen molar-refractivity contribution in [3.05, 3.63) is 26.6 Å². The van der Waals surface area contributed by atoms with Crippen LogP contribution < -0.4 is 5.73 Å². The van der Waals surface area contributed by atoms with E-state index >= 15 is 0 Å². The van der Waals surface area contributed by atoms with Gasteiger partial charge < -0.3 is 10.5 Å². The van der Waals surface area contributed by atoms with Crippen molar-refractivity contribution in [2.75, 3.05) is 6.61 Å². The molecule has 4 nitrogen and oxygen atoms in total. The third-order valence-electron chi connectivity index (χ3n) is 2.32. The fraction of sp³-hybridized carbons (Fsp3) is 0.455. The van der Waals surface area contributed by atoms with Gasteiger partial charge in [0.2, 0.25) is 0 Å². The maximum absolute atomic E-state index is 13.1. The first kappa shape index (κ1) is 15.2. The number of carbonyl (C=O) groups excluding carboxylic acids is 1. The van der Waals surface area contributed by atoms with Gasteiger partial charge in [0.25, 0.3) is 6.43 Å². The highest BCUT2D eigenvalue weighted by Gasteiger charge is 2.22. The summed E-state index contributed by atoms with van der Waals surface area (Å²) in [6.45, 7) is 1.83. The quantitative estimate of drug-likeness (QED) is 0.490. The van der Waals surface area contributed by atoms with Crippen molar-refractivity contribution < 1.29 is 18.3 Å². The number of hydrogen-bond donors (Lipinski definition) is 1. The van der Waals surface area contributed by atoms with E-state index < -0.39 is 12.4 Å². The molecule has 1 heterocycles. The predicted molar refractivity (Wildman–Crippen MR) is 70.1 cm³/mol. The van der Waals surface area contributed by atoms with E-state index in [1.165, 1.54) is 6.20 Å². The first-order valence-electron chi connectivity index (χ1n) is 5.31. The Morgan fingerprint density at radius 1 is 1.61 bits per heavy atom. The van der Waals surface area contributed by atoms with E-state index in [2.05, 4.69) is 4.98 Å². The minimum atomic E-state index is -2.69. The molecular weight excluding hydrogens is 357 g/mol. The number of pyridine rings is 1. The number of carbonyl (C=O) groups is 1. The van der Waals surface area contributed by atoms with Gasteiger partial charge in [0, 0.05) is 23.9 Å². The van der Waals surface area contributed by atoms with Gasteiger partial charge in [-0.3, -0.25) is 4.79 Å². The van der Waals surface area contributed by atoms with Crippen molar-refractivity contribution in [2.45, 2.75) is 26.3 Å². The Morgan fingerprint density at radius 3 is 2.78 bits per heavy atom. The second kappa shape index (κ2) is 6.93. The lowest BCUT2D eigenvalue weighted by atomic mass is 10.0. The van der Waals surface area contributed by atoms with Crippen LogP contribution in [0.5, 0.6) is 0 Å². The summed E-state index contributed by atoms with van der Waals surface area (Å²) in [5.41, 5.74) is 5.66. The minimum absolute atomic E-state index is 0.0422. The van der Waals surface area contributed by atoms with Gasteiger partial charge in [-0.05, 0) is 35.1 Å². The minimum Gasteiger partial charge on any atom is -0.466 e. The number of nitrogens with zero attached hydrogens (tertiary/aromatic N) is 1. The SMILES string of the molecule is CCOC(=O)Cc1c(I)ncc(CN)c1C(F)F. The molecule has 0 aliphatic carbocycles. The Bertz CT molecular complexity index is 441. The average Bonchev–Trinajstić information content (AvgIpc) is 2.31. The molecule has 0 fully saturated rings. The number of halogens is 3. The number of hydrogen-bond acceptors (Lipinski definition) is 4. The van der Waals surface area contributed by atoms with Gasteiger partial charge in [-0.1, -0.05) is 0 Å². The van der Waals surface area contributed by atoms with Crippen LogP contribution in [0, 0.1) is 3.70 Å². The van der Waals surface area contributed by atoms with Crippen LogP contribution in [0.1, 0.15) is 30.0 Å². The van der Waals surface area contributed by atoms with Crippen LogP contribution in [-0.4, -0.2) is 17.6 Å². The van der Waals surface area contributed by atoms with E-state index in [-0.39, 0.29) is 36.3 Å². The molecule has 0 aromatic carbocycles. The molecule has 0 amide bonds. The van der Waals surface area contributed by atoms with E-state index in [1.54, 1.807) is 6.92 Å². The van der Waals surface area contributed by atoms with E-state index in [9.17, 15) is 13.6 Å². The smallest absolute Gasteiger partial charge is 0.310 e. The number of ether oxygens (including phenoxy) is 1. The summed E-state index contributed by atoms with van der Waals surface area (Å²) in [4.78, 5) is 15.4. The first-order valence-corrected chi connectivity index (χ1v) is 6.39. The Hall–Kier alpha value is -0.830. The maximum Gasteiger partial charge on any atom is 0.310 e. The molecule has 0 aliphatic rings. The summed E-state index contributed by atoms with van der Waals surface area (Å²) in [7, 11) is 0. The molecule has 0 saturated heterocycles. The Morgan fingerprint density at radius 2 is 2.28 bits per heavy atom. The van der Waals surface area contributed by atoms with Crippen molar-refractivity contribution in [1.29, 1.82) is 0 Å². The van der Waals surface area contributed by atoms with Crippen molar-refractivity contribution >= 4 is 28.6 Å². The van der Waals surface area contributed by atoms with Crippen LogP contribution in [-0.2, 0) is 22.5 Å². The summed E-state index contributed by atoms with van der Waals surface area (Å²) < 4.78 is 31.2. The molecular formula is C11H13F2IN2O2. The van der Waals surface area contributed by atoms with Crippen LogP contribution >= 0.6 is 22.6 Å². The summed E-state index contributed by atoms with van der Waals surface area (Å²) in [6.07, 6.45) is -1.59. The molecule has 100 valence electrons. The van der Waals surface area contributed by atoms with Gasteiger partial charge in [0.05, 0.1) is 13.0 Å². The number of alkyl halides is 2. The zero-order valence-corrected chi connectivity index (χ0v) is 11.9. The van der Waals surface area contributed by atoms with Crippen molar-refractivity contribution in [3.63, 3.8) is 0 Å². The van der Waals surface area contributed by atoms with Crippen LogP contribution in [0.2, 0.25) is 0 Å². The predicted octanol–water partition coefficient (Wildman–Crippen LogP) is 2.19. The normalized spacial score (nSPS) is 10.8. The zero-order valence-electron chi connectivity index (χ0n) is 9.75. The molecule has 0 radical (unpaired) electrons. The van der Waals surface area contributed by atoms with Crippen LogP contribution in [0.4, 0.5) is 8.78 Å². The first-order chi connectivity index (χ1) is 8.51. The van der Waals surface area contributed by atoms with Crippen molar-refractivity contribution in [1.82, 2.24) is 4.98 Å². The summed E-state index contributed by atoms with van der Waals surface area (Å²) in [6, 6.07) is 0. The van der Waals surface area contributed by atoms with E-state index in [4.69, 9.17) is 10.5 Å². The van der Waals surface area contributed by atoms with Gasteiger partial charge in [-0.15, -0.1) is 0 Å². The largest absolute Gasteiger partial charge is 0.466 e. The number of nitrogens with two attached hydrogens (primary N) is 1. The van der Waals surface area contributed by atoms with Crippen molar-refractivity contribution in [3.8, 4) is 0 Å². The van der Waals surface area contributed by atoms with Crippen LogP contribution in [0.15, 0.2) is 6.20 Å². The van der Waals surface area contributed by atoms with Crippen LogP contribution in [0.3, 0.4) is 0 Å². The Balaban J connectivity index is 3.18. The molecule has 0 unspecified atom stereocenters. The topological polar surface area (TPSA) is 65.2 Å². The summed E-state index contributed by atoms with van der Waals surface area (Å²) in [5.74, 6) is -0.548. The highest BCUT2D eigenvalue weighted by molar-refractivity contribution is 14.1. The summed E-state index contributed by atoms with van der Waals surface area (Å²) >= 11 is 1.82. The van der Waals surface area contributed by atoms with E-state index in [0.717, 1.165) is 0 Å². The van der Waals surface area contributed by atoms with Gasteiger partial charge in [0.15, 0.2) is 0 Å². The van der Waals surface area contributed by atoms with E-state index in [0.29, 0.717) is 3.70 Å². The fourth-order valence-electron chi connectivity index (χ4n) is 1.55. The molecule has 0 aliphatic heterocycles. The highest BCUT2D eigenvalue weighted by atomic mass is 127. The molecule has 0 saturated carbocycles. The van der Waals surface area contributed by atoms with Crippen molar-refractivity contribution in [2.24, 2.45) is 5.73 Å². The molecule has 7 heteroatoms. The zero-order chi connectivity index (χ0) is 13.7. The van der Waals surface area contributed by atoms with Gasteiger partial charge in [-0.2, -0.15) is 0 Å². The second-order valence-corrected chi connectivity index (χ2v) is 4.47. The number of rotatable bonds is 5. The molecule has 1 aromatic rings. The second-order valence-electron chi connectivity index (χ2n) is 3.45. The van der Waals surface area contributed by atoms with Gasteiger partial charge in [-0.25, -0.2) is 13.8 Å². The third-order valence-corrected chi connectivity index (χ3v) is 3.25. The Labute approximate surface area is 117 Å². The molecule has 1 aromatic heterocycles. The van der Waals surface area contributed by atoms with Gasteiger partial charge >= 0.3 is 5.97 Å². The molecule has 18 heavy (non-hydrogen) atoms. The highest BCUT2D eigenvalue weighted by Crippen LogP contribution is 2.29. The lowest BCUT2D eigenvalue weighted by Crippen LogP contribution is -2.14. The number of esters is 1. The van der Waals surface area contributed by atoms with Crippen LogP contribution in [0.25, 0.3) is 0 Å². The summed E-state index contributed by atoms with van der Waals surface area (Å²) in [5, 5.41) is 0. The molecule has 0 bridgehead atoms. The number of aromatic nitrogens is 1. The lowest BCUT2D eigenvalue weighted by molar-refractivity contribution is -0.142. The monoisotopic (exact) mass is 370 g/mol. The third kappa shape index (κ3) is 3.58. The van der Waals surface area contributed by atoms with E-state index in [1.807, 2.05) is 22.6 Å². The molecule has 0 atom stereocenters. The standard InChI is InChI=1S/C11H13F2IN2O2/c1-2-18-8(17)3-7-9(10(12)13)6(4-15)5-16-11(7)14/h5,10H,2-4,15H2,1H3. The lowest BCUT2D eigenvalue weighted by Gasteiger charge is -2.14. The van der Waals surface area contributed by atoms with Gasteiger partial charge in [0.1, 0.15) is 3.70 Å². The maximum atomic E-state index is 13.1. The Kier molecular flexibility index (Phi) is 5.86. The molecule has 1 rings (SSSR count). The molecule has 0 spiro atoms. The molecule has 2 N–H and O–H groups in total. The average molecular weight is 370 g/mol.